The smallest absolute Gasteiger partial charge is 0.372 e. The Morgan fingerprint density at radius 3 is 2.69 bits per heavy atom. The van der Waals surface area contributed by atoms with Gasteiger partial charge in [0.05, 0.1) is 10.9 Å². The summed E-state index contributed by atoms with van der Waals surface area (Å²) in [6.07, 6.45) is 6.12. The van der Waals surface area contributed by atoms with Gasteiger partial charge in [-0.25, -0.2) is 0 Å². The van der Waals surface area contributed by atoms with Crippen LogP contribution in [0, 0.1) is 0 Å². The molecule has 0 radical (unpaired) electrons. The topological polar surface area (TPSA) is 34.3 Å². The number of hydrogen-bond donors (Lipinski definition) is 0. The first-order chi connectivity index (χ1) is 17.4. The van der Waals surface area contributed by atoms with Crippen molar-refractivity contribution >= 4 is 38.4 Å². The number of pyridine rings is 3. The molecule has 1 unspecified atom stereocenters. The van der Waals surface area contributed by atoms with Crippen LogP contribution in [0.3, 0.4) is 0 Å². The Morgan fingerprint density at radius 1 is 0.771 bits per heavy atom. The predicted octanol–water partition coefficient (Wildman–Crippen LogP) is 5.07. The molecule has 7 aromatic rings. The molecule has 5 heteroatoms. The lowest BCUT2D eigenvalue weighted by Crippen LogP contribution is -2.71. The summed E-state index contributed by atoms with van der Waals surface area (Å²) in [5.74, 6) is 1.84. The molecule has 0 N–H and O–H groups in total. The number of aromatic nitrogens is 4. The number of imidazole rings is 1. The first kappa shape index (κ1) is 16.8. The highest BCUT2D eigenvalue weighted by atomic mass is 16.5. The molecule has 1 atom stereocenters. The van der Waals surface area contributed by atoms with E-state index >= 15 is 0 Å². The van der Waals surface area contributed by atoms with Crippen LogP contribution in [0.15, 0.2) is 97.5 Å². The average Bonchev–Trinajstić information content (AvgIpc) is 3.53. The second-order valence-electron chi connectivity index (χ2n) is 9.65. The summed E-state index contributed by atoms with van der Waals surface area (Å²) in [4.78, 5) is 4.52. The third-order valence-electron chi connectivity index (χ3n) is 8.26. The van der Waals surface area contributed by atoms with Gasteiger partial charge in [0.15, 0.2) is 17.2 Å². The van der Waals surface area contributed by atoms with Crippen molar-refractivity contribution < 1.29 is 13.9 Å². The summed E-state index contributed by atoms with van der Waals surface area (Å²) in [6.45, 7) is 0. The normalized spacial score (nSPS) is 18.1. The molecule has 0 amide bonds. The number of nitrogens with zero attached hydrogens (tertiary/aromatic N) is 4. The summed E-state index contributed by atoms with van der Waals surface area (Å²) in [6, 6.07) is 28.2. The molecule has 3 aliphatic rings. The largest absolute Gasteiger partial charge is 0.456 e. The van der Waals surface area contributed by atoms with Crippen LogP contribution in [0.25, 0.3) is 49.6 Å². The maximum absolute atomic E-state index is 6.65. The van der Waals surface area contributed by atoms with Gasteiger partial charge in [-0.15, -0.1) is 9.13 Å². The summed E-state index contributed by atoms with van der Waals surface area (Å²) < 4.78 is 14.1. The zero-order valence-electron chi connectivity index (χ0n) is 18.4. The van der Waals surface area contributed by atoms with Crippen LogP contribution < -0.4 is 13.9 Å². The van der Waals surface area contributed by atoms with E-state index < -0.39 is 5.66 Å². The van der Waals surface area contributed by atoms with Gasteiger partial charge in [0.1, 0.15) is 28.1 Å². The Hall–Kier alpha value is -4.77. The highest BCUT2D eigenvalue weighted by Crippen LogP contribution is 2.57. The van der Waals surface area contributed by atoms with E-state index in [-0.39, 0.29) is 0 Å². The number of fused-ring (bicyclic) bond motifs is 8. The summed E-state index contributed by atoms with van der Waals surface area (Å²) in [5.41, 5.74) is 9.06. The van der Waals surface area contributed by atoms with E-state index in [1.165, 1.54) is 49.8 Å². The SMILES string of the molecule is c1cc2c3c(c1)-c1cccc[n+]1C31c3c(ccc4c5cnccc5n5c6ccccc6[n+]1c5c34)O2. The molecule has 160 valence electrons. The molecule has 5 nitrogen and oxygen atoms in total. The van der Waals surface area contributed by atoms with Crippen molar-refractivity contribution in [1.29, 1.82) is 0 Å². The van der Waals surface area contributed by atoms with Crippen molar-refractivity contribution in [2.24, 2.45) is 0 Å². The monoisotopic (exact) mass is 448 g/mol. The fourth-order valence-corrected chi connectivity index (χ4v) is 7.18. The van der Waals surface area contributed by atoms with Gasteiger partial charge < -0.3 is 4.74 Å². The van der Waals surface area contributed by atoms with E-state index in [4.69, 9.17) is 4.74 Å². The predicted molar refractivity (Wildman–Crippen MR) is 132 cm³/mol. The molecular formula is C30H16N4O+2. The third-order valence-corrected chi connectivity index (χ3v) is 8.26. The average molecular weight is 448 g/mol. The van der Waals surface area contributed by atoms with Gasteiger partial charge in [0.25, 0.3) is 0 Å². The van der Waals surface area contributed by atoms with Crippen molar-refractivity contribution in [1.82, 2.24) is 9.38 Å². The fraction of sp³-hybridized carbons (Fsp3) is 0.0333. The Bertz CT molecular complexity index is 2160. The molecule has 10 rings (SSSR count). The number of para-hydroxylation sites is 2. The Kier molecular flexibility index (Phi) is 2.47. The van der Waals surface area contributed by atoms with Gasteiger partial charge >= 0.3 is 11.3 Å². The van der Waals surface area contributed by atoms with Crippen molar-refractivity contribution in [2.45, 2.75) is 5.66 Å². The minimum Gasteiger partial charge on any atom is -0.456 e. The summed E-state index contributed by atoms with van der Waals surface area (Å²) >= 11 is 0. The van der Waals surface area contributed by atoms with E-state index in [1.807, 2.05) is 12.4 Å². The number of hydrogen-bond acceptors (Lipinski definition) is 2. The first-order valence-corrected chi connectivity index (χ1v) is 11.9. The van der Waals surface area contributed by atoms with Gasteiger partial charge in [0.2, 0.25) is 5.69 Å². The van der Waals surface area contributed by atoms with E-state index in [1.54, 1.807) is 0 Å². The van der Waals surface area contributed by atoms with Gasteiger partial charge in [0, 0.05) is 41.4 Å². The molecule has 4 aromatic heterocycles. The molecule has 3 aromatic carbocycles. The number of ether oxygens (including phenoxy) is 1. The van der Waals surface area contributed by atoms with Crippen molar-refractivity contribution in [2.75, 3.05) is 0 Å². The van der Waals surface area contributed by atoms with Gasteiger partial charge in [-0.05, 0) is 42.5 Å². The molecule has 35 heavy (non-hydrogen) atoms. The lowest BCUT2D eigenvalue weighted by molar-refractivity contribution is -0.940. The summed E-state index contributed by atoms with van der Waals surface area (Å²) in [5, 5.41) is 3.60. The molecule has 1 spiro atoms. The third kappa shape index (κ3) is 1.52. The van der Waals surface area contributed by atoms with Crippen LogP contribution in [0.1, 0.15) is 11.1 Å². The van der Waals surface area contributed by atoms with Crippen LogP contribution >= 0.6 is 0 Å². The fourth-order valence-electron chi connectivity index (χ4n) is 7.18. The second kappa shape index (κ2) is 5.15. The van der Waals surface area contributed by atoms with Crippen molar-refractivity contribution in [3.8, 4) is 22.8 Å². The Morgan fingerprint density at radius 2 is 1.69 bits per heavy atom. The highest BCUT2D eigenvalue weighted by Gasteiger charge is 2.68. The lowest BCUT2D eigenvalue weighted by atomic mass is 9.85. The van der Waals surface area contributed by atoms with Crippen LogP contribution in [0.4, 0.5) is 0 Å². The van der Waals surface area contributed by atoms with Gasteiger partial charge in [-0.3, -0.25) is 4.98 Å². The highest BCUT2D eigenvalue weighted by molar-refractivity contribution is 6.15. The quantitative estimate of drug-likeness (QED) is 0.240. The zero-order chi connectivity index (χ0) is 22.5. The molecule has 0 saturated heterocycles. The molecule has 7 heterocycles. The van der Waals surface area contributed by atoms with Gasteiger partial charge in [-0.2, -0.15) is 4.40 Å². The van der Waals surface area contributed by atoms with Crippen molar-refractivity contribution in [3.05, 3.63) is 109 Å². The van der Waals surface area contributed by atoms with E-state index in [9.17, 15) is 0 Å². The summed E-state index contributed by atoms with van der Waals surface area (Å²) in [7, 11) is 0. The van der Waals surface area contributed by atoms with Crippen LogP contribution in [-0.2, 0) is 5.66 Å². The van der Waals surface area contributed by atoms with E-state index in [0.29, 0.717) is 0 Å². The molecule has 0 saturated carbocycles. The molecular weight excluding hydrogens is 432 g/mol. The molecule has 0 fully saturated rings. The number of rotatable bonds is 0. The molecule has 3 aliphatic heterocycles. The van der Waals surface area contributed by atoms with E-state index in [2.05, 4.69) is 104 Å². The molecule has 0 aliphatic carbocycles. The second-order valence-corrected chi connectivity index (χ2v) is 9.65. The van der Waals surface area contributed by atoms with Crippen LogP contribution in [-0.4, -0.2) is 9.38 Å². The van der Waals surface area contributed by atoms with E-state index in [0.717, 1.165) is 22.4 Å². The van der Waals surface area contributed by atoms with Crippen molar-refractivity contribution in [3.63, 3.8) is 0 Å². The minimum atomic E-state index is -0.558. The van der Waals surface area contributed by atoms with Crippen LogP contribution in [0.5, 0.6) is 11.5 Å². The Balaban J connectivity index is 1.63. The maximum atomic E-state index is 6.65. The zero-order valence-corrected chi connectivity index (χ0v) is 18.4. The van der Waals surface area contributed by atoms with Gasteiger partial charge in [-0.1, -0.05) is 18.2 Å². The lowest BCUT2D eigenvalue weighted by Gasteiger charge is -2.28. The maximum Gasteiger partial charge on any atom is 0.372 e. The van der Waals surface area contributed by atoms with Crippen LogP contribution in [0.2, 0.25) is 0 Å². The molecule has 0 bridgehead atoms. The first-order valence-electron chi connectivity index (χ1n) is 11.9. The standard InChI is InChI=1S/C30H16N4O/c1-2-9-23-22(8-1)33-21-13-14-31-16-19(21)17-11-12-25-28-26(17)29(33)34(23)30(28)27-18(6-5-10-24(27)35-25)20-7-3-4-15-32(20)30/h1-16H/q+2. The minimum absolute atomic E-state index is 0.558. The number of benzene rings is 3. The Labute approximate surface area is 198 Å².